The summed E-state index contributed by atoms with van der Waals surface area (Å²) in [6.07, 6.45) is 1.59. The summed E-state index contributed by atoms with van der Waals surface area (Å²) in [7, 11) is 5.36. The molecule has 0 saturated carbocycles. The standard InChI is InChI=1S/C13H16N4O/c1-14-12-10-7-5-4-6-9(10)11(8-15-12)13(18)16-17(2)3/h4-8H,1-3H3,(H,14,15)(H,16,18). The predicted molar refractivity (Wildman–Crippen MR) is 72.4 cm³/mol. The van der Waals surface area contributed by atoms with Crippen LogP contribution in [-0.2, 0) is 0 Å². The van der Waals surface area contributed by atoms with Crippen molar-refractivity contribution in [3.8, 4) is 0 Å². The van der Waals surface area contributed by atoms with E-state index in [1.165, 1.54) is 0 Å². The van der Waals surface area contributed by atoms with Crippen molar-refractivity contribution in [1.82, 2.24) is 15.4 Å². The van der Waals surface area contributed by atoms with Crippen LogP contribution in [-0.4, -0.2) is 37.0 Å². The largest absolute Gasteiger partial charge is 0.373 e. The number of anilines is 1. The van der Waals surface area contributed by atoms with E-state index < -0.39 is 0 Å². The number of hydrazine groups is 1. The zero-order chi connectivity index (χ0) is 13.1. The molecule has 18 heavy (non-hydrogen) atoms. The first kappa shape index (κ1) is 12.3. The van der Waals surface area contributed by atoms with Crippen molar-refractivity contribution in [3.05, 3.63) is 36.0 Å². The first-order valence-electron chi connectivity index (χ1n) is 5.67. The molecule has 5 heteroatoms. The van der Waals surface area contributed by atoms with Gasteiger partial charge in [0.05, 0.1) is 5.56 Å². The van der Waals surface area contributed by atoms with Gasteiger partial charge in [-0.25, -0.2) is 9.99 Å². The molecule has 0 bridgehead atoms. The molecule has 0 spiro atoms. The fourth-order valence-electron chi connectivity index (χ4n) is 1.84. The van der Waals surface area contributed by atoms with Crippen LogP contribution in [0.1, 0.15) is 10.4 Å². The molecular formula is C13H16N4O. The van der Waals surface area contributed by atoms with E-state index in [0.717, 1.165) is 16.6 Å². The smallest absolute Gasteiger partial charge is 0.267 e. The van der Waals surface area contributed by atoms with Gasteiger partial charge >= 0.3 is 0 Å². The minimum atomic E-state index is -0.161. The summed E-state index contributed by atoms with van der Waals surface area (Å²) >= 11 is 0. The summed E-state index contributed by atoms with van der Waals surface area (Å²) < 4.78 is 0. The molecule has 0 aliphatic heterocycles. The molecule has 0 radical (unpaired) electrons. The summed E-state index contributed by atoms with van der Waals surface area (Å²) in [6, 6.07) is 7.70. The van der Waals surface area contributed by atoms with Crippen LogP contribution in [0.3, 0.4) is 0 Å². The van der Waals surface area contributed by atoms with Crippen LogP contribution >= 0.6 is 0 Å². The van der Waals surface area contributed by atoms with Crippen molar-refractivity contribution in [2.24, 2.45) is 0 Å². The van der Waals surface area contributed by atoms with Crippen LogP contribution in [0.5, 0.6) is 0 Å². The summed E-state index contributed by atoms with van der Waals surface area (Å²) in [5, 5.41) is 6.46. The van der Waals surface area contributed by atoms with Crippen molar-refractivity contribution >= 4 is 22.5 Å². The average molecular weight is 244 g/mol. The minimum Gasteiger partial charge on any atom is -0.373 e. The highest BCUT2D eigenvalue weighted by molar-refractivity contribution is 6.09. The second-order valence-electron chi connectivity index (χ2n) is 4.15. The number of hydrogen-bond donors (Lipinski definition) is 2. The number of rotatable bonds is 3. The highest BCUT2D eigenvalue weighted by atomic mass is 16.2. The van der Waals surface area contributed by atoms with Crippen LogP contribution in [0.2, 0.25) is 0 Å². The molecule has 2 aromatic rings. The van der Waals surface area contributed by atoms with E-state index in [1.807, 2.05) is 31.3 Å². The first-order chi connectivity index (χ1) is 8.63. The van der Waals surface area contributed by atoms with Gasteiger partial charge < -0.3 is 5.32 Å². The Hall–Kier alpha value is -2.14. The van der Waals surface area contributed by atoms with E-state index in [4.69, 9.17) is 0 Å². The van der Waals surface area contributed by atoms with Gasteiger partial charge in [-0.1, -0.05) is 24.3 Å². The summed E-state index contributed by atoms with van der Waals surface area (Å²) in [5.74, 6) is 0.610. The summed E-state index contributed by atoms with van der Waals surface area (Å²) in [6.45, 7) is 0. The Bertz CT molecular complexity index is 580. The first-order valence-corrected chi connectivity index (χ1v) is 5.67. The van der Waals surface area contributed by atoms with E-state index in [2.05, 4.69) is 15.7 Å². The van der Waals surface area contributed by atoms with Crippen molar-refractivity contribution in [2.75, 3.05) is 26.5 Å². The molecule has 1 amide bonds. The van der Waals surface area contributed by atoms with Gasteiger partial charge in [-0.15, -0.1) is 0 Å². The van der Waals surface area contributed by atoms with Gasteiger partial charge in [0, 0.05) is 32.7 Å². The van der Waals surface area contributed by atoms with Gasteiger partial charge in [0.1, 0.15) is 5.82 Å². The summed E-state index contributed by atoms with van der Waals surface area (Å²) in [4.78, 5) is 16.3. The molecule has 1 heterocycles. The van der Waals surface area contributed by atoms with Crippen molar-refractivity contribution < 1.29 is 4.79 Å². The number of nitrogens with one attached hydrogen (secondary N) is 2. The van der Waals surface area contributed by atoms with Gasteiger partial charge in [-0.2, -0.15) is 0 Å². The Morgan fingerprint density at radius 2 is 1.89 bits per heavy atom. The van der Waals surface area contributed by atoms with E-state index in [-0.39, 0.29) is 5.91 Å². The maximum absolute atomic E-state index is 12.1. The van der Waals surface area contributed by atoms with E-state index in [9.17, 15) is 4.79 Å². The van der Waals surface area contributed by atoms with Crippen LogP contribution < -0.4 is 10.7 Å². The second kappa shape index (κ2) is 5.01. The number of pyridine rings is 1. The molecular weight excluding hydrogens is 228 g/mol. The van der Waals surface area contributed by atoms with Crippen LogP contribution in [0, 0.1) is 0 Å². The van der Waals surface area contributed by atoms with Gasteiger partial charge in [-0.05, 0) is 5.39 Å². The molecule has 0 fully saturated rings. The van der Waals surface area contributed by atoms with Crippen molar-refractivity contribution in [1.29, 1.82) is 0 Å². The predicted octanol–water partition coefficient (Wildman–Crippen LogP) is 1.48. The number of carbonyl (C=O) groups excluding carboxylic acids is 1. The van der Waals surface area contributed by atoms with Crippen LogP contribution in [0.4, 0.5) is 5.82 Å². The fourth-order valence-corrected chi connectivity index (χ4v) is 1.84. The SMILES string of the molecule is CNc1ncc(C(=O)NN(C)C)c2ccccc12. The monoisotopic (exact) mass is 244 g/mol. The quantitative estimate of drug-likeness (QED) is 0.803. The highest BCUT2D eigenvalue weighted by Crippen LogP contribution is 2.23. The Labute approximate surface area is 106 Å². The maximum Gasteiger partial charge on any atom is 0.267 e. The number of hydrogen-bond acceptors (Lipinski definition) is 4. The molecule has 0 aliphatic rings. The number of carbonyl (C=O) groups is 1. The fraction of sp³-hybridized carbons (Fsp3) is 0.231. The normalized spacial score (nSPS) is 10.7. The third-order valence-corrected chi connectivity index (χ3v) is 2.60. The molecule has 5 nitrogen and oxygen atoms in total. The number of amides is 1. The van der Waals surface area contributed by atoms with E-state index >= 15 is 0 Å². The molecule has 0 atom stereocenters. The number of fused-ring (bicyclic) bond motifs is 1. The molecule has 1 aromatic carbocycles. The van der Waals surface area contributed by atoms with Crippen molar-refractivity contribution in [3.63, 3.8) is 0 Å². The molecule has 0 aliphatic carbocycles. The van der Waals surface area contributed by atoms with Crippen molar-refractivity contribution in [2.45, 2.75) is 0 Å². The van der Waals surface area contributed by atoms with Gasteiger partial charge in [0.2, 0.25) is 0 Å². The van der Waals surface area contributed by atoms with Gasteiger partial charge in [0.25, 0.3) is 5.91 Å². The van der Waals surface area contributed by atoms with Crippen LogP contribution in [0.25, 0.3) is 10.8 Å². The lowest BCUT2D eigenvalue weighted by Crippen LogP contribution is -2.36. The molecule has 1 aromatic heterocycles. The van der Waals surface area contributed by atoms with Crippen LogP contribution in [0.15, 0.2) is 30.5 Å². The molecule has 2 N–H and O–H groups in total. The Morgan fingerprint density at radius 3 is 2.50 bits per heavy atom. The lowest BCUT2D eigenvalue weighted by atomic mass is 10.1. The van der Waals surface area contributed by atoms with E-state index in [1.54, 1.807) is 25.3 Å². The van der Waals surface area contributed by atoms with Gasteiger partial charge in [-0.3, -0.25) is 10.2 Å². The topological polar surface area (TPSA) is 57.3 Å². The number of benzene rings is 1. The van der Waals surface area contributed by atoms with E-state index in [0.29, 0.717) is 5.56 Å². The average Bonchev–Trinajstić information content (AvgIpc) is 2.36. The molecule has 2 rings (SSSR count). The second-order valence-corrected chi connectivity index (χ2v) is 4.15. The Kier molecular flexibility index (Phi) is 3.43. The Balaban J connectivity index is 2.56. The zero-order valence-corrected chi connectivity index (χ0v) is 10.7. The minimum absolute atomic E-state index is 0.161. The molecule has 0 unspecified atom stereocenters. The molecule has 0 saturated heterocycles. The van der Waals surface area contributed by atoms with Gasteiger partial charge in [0.15, 0.2) is 0 Å². The third-order valence-electron chi connectivity index (χ3n) is 2.60. The lowest BCUT2D eigenvalue weighted by molar-refractivity contribution is 0.0858. The number of nitrogens with zero attached hydrogens (tertiary/aromatic N) is 2. The molecule has 94 valence electrons. The maximum atomic E-state index is 12.1. The Morgan fingerprint density at radius 1 is 1.22 bits per heavy atom. The third kappa shape index (κ3) is 2.26. The lowest BCUT2D eigenvalue weighted by Gasteiger charge is -2.14. The zero-order valence-electron chi connectivity index (χ0n) is 10.7. The number of aromatic nitrogens is 1. The highest BCUT2D eigenvalue weighted by Gasteiger charge is 2.13. The summed E-state index contributed by atoms with van der Waals surface area (Å²) in [5.41, 5.74) is 3.29.